The van der Waals surface area contributed by atoms with E-state index in [2.05, 4.69) is 48.4 Å². The second kappa shape index (κ2) is 5.43. The molecule has 100 valence electrons. The first-order valence-corrected chi connectivity index (χ1v) is 7.82. The molecule has 3 heteroatoms. The lowest BCUT2D eigenvalue weighted by Crippen LogP contribution is -2.14. The maximum absolute atomic E-state index is 4.51. The first-order chi connectivity index (χ1) is 9.22. The van der Waals surface area contributed by atoms with Crippen molar-refractivity contribution in [1.29, 1.82) is 0 Å². The van der Waals surface area contributed by atoms with Crippen LogP contribution in [0.1, 0.15) is 43.2 Å². The molecule has 0 unspecified atom stereocenters. The van der Waals surface area contributed by atoms with Crippen LogP contribution in [0.3, 0.4) is 0 Å². The topological polar surface area (TPSA) is 24.9 Å². The highest BCUT2D eigenvalue weighted by molar-refractivity contribution is 7.15. The highest BCUT2D eigenvalue weighted by Gasteiger charge is 2.20. The zero-order chi connectivity index (χ0) is 13.2. The van der Waals surface area contributed by atoms with Gasteiger partial charge in [0.2, 0.25) is 0 Å². The first-order valence-electron chi connectivity index (χ1n) is 7.01. The molecule has 1 saturated carbocycles. The lowest BCUT2D eigenvalue weighted by molar-refractivity contribution is 0.684. The number of nitrogens with zero attached hydrogens (tertiary/aromatic N) is 1. The Bertz CT molecular complexity index is 538. The van der Waals surface area contributed by atoms with E-state index in [0.29, 0.717) is 5.92 Å². The molecule has 1 aliphatic rings. The number of hydrogen-bond donors (Lipinski definition) is 1. The van der Waals surface area contributed by atoms with Gasteiger partial charge in [-0.05, 0) is 29.9 Å². The maximum atomic E-state index is 4.51. The lowest BCUT2D eigenvalue weighted by Gasteiger charge is -2.05. The van der Waals surface area contributed by atoms with Crippen LogP contribution < -0.4 is 5.32 Å². The zero-order valence-corrected chi connectivity index (χ0v) is 12.3. The van der Waals surface area contributed by atoms with Gasteiger partial charge in [-0.3, -0.25) is 0 Å². The Hall–Kier alpha value is -1.19. The molecule has 0 spiro atoms. The Balaban J connectivity index is 1.70. The van der Waals surface area contributed by atoms with Gasteiger partial charge in [0.15, 0.2) is 0 Å². The normalized spacial score (nSPS) is 15.1. The Kier molecular flexibility index (Phi) is 3.67. The van der Waals surface area contributed by atoms with Gasteiger partial charge in [0.1, 0.15) is 5.01 Å². The number of rotatable bonds is 5. The van der Waals surface area contributed by atoms with Gasteiger partial charge in [-0.25, -0.2) is 4.98 Å². The molecule has 0 aliphatic heterocycles. The second-order valence-electron chi connectivity index (χ2n) is 5.55. The third-order valence-corrected chi connectivity index (χ3v) is 4.58. The Labute approximate surface area is 118 Å². The van der Waals surface area contributed by atoms with E-state index in [1.54, 1.807) is 11.3 Å². The molecule has 2 nitrogen and oxygen atoms in total. The number of aromatic nitrogens is 1. The van der Waals surface area contributed by atoms with Crippen molar-refractivity contribution in [2.45, 2.75) is 45.2 Å². The summed E-state index contributed by atoms with van der Waals surface area (Å²) in [6, 6.07) is 9.61. The molecule has 1 heterocycles. The molecule has 1 N–H and O–H groups in total. The van der Waals surface area contributed by atoms with Gasteiger partial charge >= 0.3 is 0 Å². The summed E-state index contributed by atoms with van der Waals surface area (Å²) >= 11 is 1.80. The van der Waals surface area contributed by atoms with Crippen molar-refractivity contribution in [3.63, 3.8) is 0 Å². The highest BCUT2D eigenvalue weighted by Crippen LogP contribution is 2.28. The molecule has 19 heavy (non-hydrogen) atoms. The number of nitrogens with one attached hydrogen (secondary N) is 1. The van der Waals surface area contributed by atoms with Crippen molar-refractivity contribution in [3.05, 3.63) is 41.0 Å². The maximum Gasteiger partial charge on any atom is 0.107 e. The molecule has 1 aromatic carbocycles. The third-order valence-electron chi connectivity index (χ3n) is 3.53. The van der Waals surface area contributed by atoms with Crippen LogP contribution in [0.2, 0.25) is 0 Å². The van der Waals surface area contributed by atoms with Gasteiger partial charge in [-0.1, -0.05) is 38.1 Å². The van der Waals surface area contributed by atoms with Gasteiger partial charge in [-0.15, -0.1) is 11.3 Å². The molecule has 1 aromatic heterocycles. The molecule has 1 fully saturated rings. The van der Waals surface area contributed by atoms with Crippen molar-refractivity contribution in [2.24, 2.45) is 0 Å². The van der Waals surface area contributed by atoms with Crippen molar-refractivity contribution in [1.82, 2.24) is 10.3 Å². The van der Waals surface area contributed by atoms with Crippen LogP contribution in [-0.2, 0) is 6.54 Å². The van der Waals surface area contributed by atoms with E-state index < -0.39 is 0 Å². The molecule has 0 radical (unpaired) electrons. The van der Waals surface area contributed by atoms with Crippen molar-refractivity contribution >= 4 is 11.3 Å². The van der Waals surface area contributed by atoms with E-state index >= 15 is 0 Å². The molecule has 0 atom stereocenters. The second-order valence-corrected chi connectivity index (χ2v) is 6.67. The van der Waals surface area contributed by atoms with Crippen LogP contribution in [0.15, 0.2) is 30.5 Å². The van der Waals surface area contributed by atoms with Crippen LogP contribution >= 0.6 is 11.3 Å². The minimum atomic E-state index is 0.591. The Morgan fingerprint density at radius 2 is 2.00 bits per heavy atom. The van der Waals surface area contributed by atoms with Crippen LogP contribution in [0, 0.1) is 0 Å². The van der Waals surface area contributed by atoms with Gasteiger partial charge < -0.3 is 5.32 Å². The average molecular weight is 272 g/mol. The quantitative estimate of drug-likeness (QED) is 0.883. The average Bonchev–Trinajstić information content (AvgIpc) is 3.13. The van der Waals surface area contributed by atoms with E-state index in [4.69, 9.17) is 0 Å². The van der Waals surface area contributed by atoms with E-state index in [1.807, 2.05) is 6.20 Å². The van der Waals surface area contributed by atoms with Crippen molar-refractivity contribution < 1.29 is 0 Å². The minimum absolute atomic E-state index is 0.591. The van der Waals surface area contributed by atoms with Gasteiger partial charge in [0, 0.05) is 18.8 Å². The van der Waals surface area contributed by atoms with Crippen molar-refractivity contribution in [3.8, 4) is 10.4 Å². The van der Waals surface area contributed by atoms with Crippen LogP contribution in [-0.4, -0.2) is 11.0 Å². The predicted octanol–water partition coefficient (Wildman–Crippen LogP) is 4.19. The van der Waals surface area contributed by atoms with Gasteiger partial charge in [0.05, 0.1) is 4.88 Å². The highest BCUT2D eigenvalue weighted by atomic mass is 32.1. The van der Waals surface area contributed by atoms with Gasteiger partial charge in [0.25, 0.3) is 0 Å². The van der Waals surface area contributed by atoms with E-state index in [9.17, 15) is 0 Å². The van der Waals surface area contributed by atoms with Crippen molar-refractivity contribution in [2.75, 3.05) is 0 Å². The zero-order valence-electron chi connectivity index (χ0n) is 11.5. The summed E-state index contributed by atoms with van der Waals surface area (Å²) in [4.78, 5) is 5.77. The Morgan fingerprint density at radius 3 is 2.63 bits per heavy atom. The molecular formula is C16H20N2S. The molecule has 0 saturated heterocycles. The molecule has 0 amide bonds. The summed E-state index contributed by atoms with van der Waals surface area (Å²) in [6.07, 6.45) is 4.66. The number of hydrogen-bond acceptors (Lipinski definition) is 3. The summed E-state index contributed by atoms with van der Waals surface area (Å²) in [6.45, 7) is 5.37. The predicted molar refractivity (Wildman–Crippen MR) is 81.5 cm³/mol. The first kappa shape index (κ1) is 12.8. The molecule has 2 aromatic rings. The summed E-state index contributed by atoms with van der Waals surface area (Å²) < 4.78 is 0. The van der Waals surface area contributed by atoms with Crippen LogP contribution in [0.4, 0.5) is 0 Å². The smallest absolute Gasteiger partial charge is 0.107 e. The Morgan fingerprint density at radius 1 is 1.26 bits per heavy atom. The van der Waals surface area contributed by atoms with E-state index in [1.165, 1.54) is 33.9 Å². The SMILES string of the molecule is CC(C)c1ccc(-c2cnc(CNC3CC3)s2)cc1. The largest absolute Gasteiger partial charge is 0.308 e. The summed E-state index contributed by atoms with van der Waals surface area (Å²) in [5.41, 5.74) is 2.67. The standard InChI is InChI=1S/C16H20N2S/c1-11(2)12-3-5-13(6-4-12)15-9-18-16(19-15)10-17-14-7-8-14/h3-6,9,11,14,17H,7-8,10H2,1-2H3. The fourth-order valence-corrected chi connectivity index (χ4v) is 2.95. The van der Waals surface area contributed by atoms with Crippen LogP contribution in [0.25, 0.3) is 10.4 Å². The minimum Gasteiger partial charge on any atom is -0.308 e. The molecule has 3 rings (SSSR count). The van der Waals surface area contributed by atoms with Gasteiger partial charge in [-0.2, -0.15) is 0 Å². The van der Waals surface area contributed by atoms with E-state index in [-0.39, 0.29) is 0 Å². The fraction of sp³-hybridized carbons (Fsp3) is 0.438. The monoisotopic (exact) mass is 272 g/mol. The molecular weight excluding hydrogens is 252 g/mol. The number of thiazole rings is 1. The third kappa shape index (κ3) is 3.23. The summed E-state index contributed by atoms with van der Waals surface area (Å²) in [5.74, 6) is 0.591. The molecule has 1 aliphatic carbocycles. The van der Waals surface area contributed by atoms with E-state index in [0.717, 1.165) is 12.6 Å². The molecule has 0 bridgehead atoms. The summed E-state index contributed by atoms with van der Waals surface area (Å²) in [7, 11) is 0. The number of benzene rings is 1. The lowest BCUT2D eigenvalue weighted by atomic mass is 10.0. The fourth-order valence-electron chi connectivity index (χ4n) is 2.08. The van der Waals surface area contributed by atoms with Crippen LogP contribution in [0.5, 0.6) is 0 Å². The summed E-state index contributed by atoms with van der Waals surface area (Å²) in [5, 5.41) is 4.70.